The highest BCUT2D eigenvalue weighted by Crippen LogP contribution is 2.34. The normalized spacial score (nSPS) is 42.4. The zero-order valence-electron chi connectivity index (χ0n) is 12.5. The number of hydrogen-bond acceptors (Lipinski definition) is 2. The lowest BCUT2D eigenvalue weighted by molar-refractivity contribution is -0.129. The van der Waals surface area contributed by atoms with Crippen molar-refractivity contribution < 1.29 is 4.79 Å². The van der Waals surface area contributed by atoms with Crippen molar-refractivity contribution in [1.82, 2.24) is 4.90 Å². The van der Waals surface area contributed by atoms with E-state index >= 15 is 0 Å². The first kappa shape index (κ1) is 14.0. The van der Waals surface area contributed by atoms with Gasteiger partial charge in [-0.05, 0) is 44.4 Å². The quantitative estimate of drug-likeness (QED) is 0.765. The Bertz CT molecular complexity index is 301. The zero-order chi connectivity index (χ0) is 13.3. The number of carbonyl (C=O) groups excluding carboxylic acids is 1. The maximum absolute atomic E-state index is 12.3. The third-order valence-corrected chi connectivity index (χ3v) is 5.26. The molecule has 18 heavy (non-hydrogen) atoms. The average Bonchev–Trinajstić information content (AvgIpc) is 2.64. The Balaban J connectivity index is 2.01. The molecule has 104 valence electrons. The molecule has 0 aromatic heterocycles. The van der Waals surface area contributed by atoms with E-state index in [-0.39, 0.29) is 0 Å². The Morgan fingerprint density at radius 1 is 1.22 bits per heavy atom. The molecule has 5 unspecified atom stereocenters. The Kier molecular flexibility index (Phi) is 4.47. The predicted molar refractivity (Wildman–Crippen MR) is 75.5 cm³/mol. The summed E-state index contributed by atoms with van der Waals surface area (Å²) in [7, 11) is 0. The fraction of sp³-hybridized carbons (Fsp3) is 0.938. The molecule has 0 aromatic rings. The lowest BCUT2D eigenvalue weighted by Crippen LogP contribution is -2.44. The van der Waals surface area contributed by atoms with Crippen LogP contribution in [-0.4, -0.2) is 29.3 Å². The molecule has 1 saturated carbocycles. The minimum atomic E-state index is 0.302. The van der Waals surface area contributed by atoms with Gasteiger partial charge < -0.3 is 0 Å². The predicted octanol–water partition coefficient (Wildman–Crippen LogP) is 3.50. The van der Waals surface area contributed by atoms with Gasteiger partial charge in [0.25, 0.3) is 0 Å². The van der Waals surface area contributed by atoms with Crippen molar-refractivity contribution in [1.29, 1.82) is 0 Å². The summed E-state index contributed by atoms with van der Waals surface area (Å²) in [6, 6.07) is 1.40. The van der Waals surface area contributed by atoms with Gasteiger partial charge in [-0.1, -0.05) is 20.8 Å². The smallest absolute Gasteiger partial charge is 0.137 e. The Hall–Kier alpha value is -0.370. The van der Waals surface area contributed by atoms with E-state index in [0.29, 0.717) is 29.6 Å². The SMILES string of the molecule is CCC1CCC(C)N1CC1C(=O)CC(C)CC1C. The molecule has 1 heterocycles. The summed E-state index contributed by atoms with van der Waals surface area (Å²) in [6.45, 7) is 10.1. The van der Waals surface area contributed by atoms with E-state index in [4.69, 9.17) is 0 Å². The van der Waals surface area contributed by atoms with E-state index in [1.807, 2.05) is 0 Å². The Morgan fingerprint density at radius 2 is 1.94 bits per heavy atom. The minimum absolute atomic E-state index is 0.302. The van der Waals surface area contributed by atoms with Gasteiger partial charge in [0.2, 0.25) is 0 Å². The van der Waals surface area contributed by atoms with Crippen molar-refractivity contribution in [3.63, 3.8) is 0 Å². The summed E-state index contributed by atoms with van der Waals surface area (Å²) in [5.74, 6) is 2.00. The van der Waals surface area contributed by atoms with Gasteiger partial charge in [-0.15, -0.1) is 0 Å². The standard InChI is InChI=1S/C16H29NO/c1-5-14-7-6-13(4)17(14)10-15-12(3)8-11(2)9-16(15)18/h11-15H,5-10H2,1-4H3. The molecule has 2 fully saturated rings. The number of likely N-dealkylation sites (tertiary alicyclic amines) is 1. The molecule has 2 aliphatic rings. The van der Waals surface area contributed by atoms with Crippen LogP contribution in [0.3, 0.4) is 0 Å². The summed E-state index contributed by atoms with van der Waals surface area (Å²) in [5, 5.41) is 0. The van der Waals surface area contributed by atoms with Gasteiger partial charge in [0.15, 0.2) is 0 Å². The fourth-order valence-electron chi connectivity index (χ4n) is 4.10. The van der Waals surface area contributed by atoms with E-state index in [2.05, 4.69) is 32.6 Å². The first-order valence-corrected chi connectivity index (χ1v) is 7.81. The van der Waals surface area contributed by atoms with Crippen LogP contribution >= 0.6 is 0 Å². The molecule has 2 rings (SSSR count). The highest BCUT2D eigenvalue weighted by atomic mass is 16.1. The van der Waals surface area contributed by atoms with Crippen LogP contribution in [0, 0.1) is 17.8 Å². The van der Waals surface area contributed by atoms with Gasteiger partial charge in [0.05, 0.1) is 0 Å². The van der Waals surface area contributed by atoms with Crippen LogP contribution in [0.5, 0.6) is 0 Å². The van der Waals surface area contributed by atoms with E-state index in [1.165, 1.54) is 25.7 Å². The van der Waals surface area contributed by atoms with Crippen LogP contribution in [0.2, 0.25) is 0 Å². The second kappa shape index (κ2) is 5.73. The molecule has 0 bridgehead atoms. The molecular formula is C16H29NO. The first-order chi connectivity index (χ1) is 8.52. The molecule has 2 nitrogen and oxygen atoms in total. The van der Waals surface area contributed by atoms with Crippen LogP contribution in [0.1, 0.15) is 59.8 Å². The second-order valence-electron chi connectivity index (χ2n) is 6.78. The highest BCUT2D eigenvalue weighted by Gasteiger charge is 2.37. The van der Waals surface area contributed by atoms with Crippen molar-refractivity contribution >= 4 is 5.78 Å². The molecule has 0 aromatic carbocycles. The number of hydrogen-bond donors (Lipinski definition) is 0. The van der Waals surface area contributed by atoms with E-state index in [0.717, 1.165) is 19.0 Å². The van der Waals surface area contributed by atoms with Crippen LogP contribution in [0.4, 0.5) is 0 Å². The van der Waals surface area contributed by atoms with E-state index < -0.39 is 0 Å². The van der Waals surface area contributed by atoms with E-state index in [9.17, 15) is 4.79 Å². The molecule has 0 N–H and O–H groups in total. The lowest BCUT2D eigenvalue weighted by Gasteiger charge is -2.37. The third kappa shape index (κ3) is 2.79. The van der Waals surface area contributed by atoms with Gasteiger partial charge in [-0.3, -0.25) is 9.69 Å². The Labute approximate surface area is 112 Å². The summed E-state index contributed by atoms with van der Waals surface area (Å²) in [6.07, 6.45) is 5.91. The fourth-order valence-corrected chi connectivity index (χ4v) is 4.10. The molecule has 2 heteroatoms. The number of rotatable bonds is 3. The molecule has 5 atom stereocenters. The molecular weight excluding hydrogens is 222 g/mol. The van der Waals surface area contributed by atoms with Crippen molar-refractivity contribution in [2.75, 3.05) is 6.54 Å². The highest BCUT2D eigenvalue weighted by molar-refractivity contribution is 5.82. The summed E-state index contributed by atoms with van der Waals surface area (Å²) >= 11 is 0. The first-order valence-electron chi connectivity index (χ1n) is 7.81. The molecule has 0 radical (unpaired) electrons. The summed E-state index contributed by atoms with van der Waals surface area (Å²) in [4.78, 5) is 14.9. The molecule has 0 amide bonds. The topological polar surface area (TPSA) is 20.3 Å². The number of Topliss-reactive ketones (excluding diaryl/α,β-unsaturated/α-hetero) is 1. The zero-order valence-corrected chi connectivity index (χ0v) is 12.5. The largest absolute Gasteiger partial charge is 0.299 e. The number of ketones is 1. The average molecular weight is 251 g/mol. The van der Waals surface area contributed by atoms with Crippen molar-refractivity contribution in [2.45, 2.75) is 71.9 Å². The Morgan fingerprint density at radius 3 is 2.56 bits per heavy atom. The van der Waals surface area contributed by atoms with E-state index in [1.54, 1.807) is 0 Å². The third-order valence-electron chi connectivity index (χ3n) is 5.26. The van der Waals surface area contributed by atoms with Gasteiger partial charge in [-0.25, -0.2) is 0 Å². The molecule has 1 saturated heterocycles. The van der Waals surface area contributed by atoms with Gasteiger partial charge in [0.1, 0.15) is 5.78 Å². The number of nitrogens with zero attached hydrogens (tertiary/aromatic N) is 1. The van der Waals surface area contributed by atoms with Crippen molar-refractivity contribution in [3.05, 3.63) is 0 Å². The molecule has 0 spiro atoms. The monoisotopic (exact) mass is 251 g/mol. The molecule has 1 aliphatic heterocycles. The molecule has 1 aliphatic carbocycles. The maximum Gasteiger partial charge on any atom is 0.137 e. The van der Waals surface area contributed by atoms with Gasteiger partial charge in [0, 0.05) is 31.0 Å². The van der Waals surface area contributed by atoms with Crippen LogP contribution in [0.15, 0.2) is 0 Å². The lowest BCUT2D eigenvalue weighted by atomic mass is 9.74. The minimum Gasteiger partial charge on any atom is -0.299 e. The summed E-state index contributed by atoms with van der Waals surface area (Å²) < 4.78 is 0. The van der Waals surface area contributed by atoms with Gasteiger partial charge in [-0.2, -0.15) is 0 Å². The summed E-state index contributed by atoms with van der Waals surface area (Å²) in [5.41, 5.74) is 0. The second-order valence-corrected chi connectivity index (χ2v) is 6.78. The van der Waals surface area contributed by atoms with Crippen molar-refractivity contribution in [3.8, 4) is 0 Å². The maximum atomic E-state index is 12.3. The number of carbonyl (C=O) groups is 1. The van der Waals surface area contributed by atoms with Crippen LogP contribution in [-0.2, 0) is 4.79 Å². The van der Waals surface area contributed by atoms with Crippen molar-refractivity contribution in [2.24, 2.45) is 17.8 Å². The van der Waals surface area contributed by atoms with Gasteiger partial charge >= 0.3 is 0 Å². The van der Waals surface area contributed by atoms with Crippen LogP contribution in [0.25, 0.3) is 0 Å². The van der Waals surface area contributed by atoms with Crippen LogP contribution < -0.4 is 0 Å².